The summed E-state index contributed by atoms with van der Waals surface area (Å²) in [4.78, 5) is 11.6. The van der Waals surface area contributed by atoms with Crippen molar-refractivity contribution in [3.63, 3.8) is 0 Å². The third kappa shape index (κ3) is 1.85. The van der Waals surface area contributed by atoms with Gasteiger partial charge < -0.3 is 10.5 Å². The largest absolute Gasteiger partial charge is 0.469 e. The molecule has 0 spiro atoms. The molecular weight excluding hydrogens is 166 g/mol. The Labute approximate surface area is 79.6 Å². The van der Waals surface area contributed by atoms with Crippen molar-refractivity contribution >= 4 is 5.97 Å². The van der Waals surface area contributed by atoms with Gasteiger partial charge in [0.2, 0.25) is 0 Å². The van der Waals surface area contributed by atoms with E-state index < -0.39 is 0 Å². The van der Waals surface area contributed by atoms with Crippen LogP contribution in [0.3, 0.4) is 0 Å². The van der Waals surface area contributed by atoms with Gasteiger partial charge in [0, 0.05) is 6.54 Å². The van der Waals surface area contributed by atoms with E-state index in [-0.39, 0.29) is 11.4 Å². The fourth-order valence-electron chi connectivity index (χ4n) is 2.11. The van der Waals surface area contributed by atoms with Crippen LogP contribution in [0.2, 0.25) is 0 Å². The lowest BCUT2D eigenvalue weighted by atomic mass is 9.78. The first kappa shape index (κ1) is 10.5. The quantitative estimate of drug-likeness (QED) is 0.657. The van der Waals surface area contributed by atoms with Crippen LogP contribution < -0.4 is 5.73 Å². The molecule has 0 aliphatic heterocycles. The third-order valence-electron chi connectivity index (χ3n) is 3.01. The molecule has 0 aromatic rings. The van der Waals surface area contributed by atoms with Crippen molar-refractivity contribution in [3.05, 3.63) is 0 Å². The topological polar surface area (TPSA) is 52.3 Å². The molecule has 0 heterocycles. The molecule has 0 saturated heterocycles. The second-order valence-electron chi connectivity index (χ2n) is 3.88. The Balaban J connectivity index is 2.74. The lowest BCUT2D eigenvalue weighted by molar-refractivity contribution is -0.154. The molecule has 1 fully saturated rings. The van der Waals surface area contributed by atoms with Gasteiger partial charge in [0.05, 0.1) is 12.5 Å². The van der Waals surface area contributed by atoms with Gasteiger partial charge in [-0.15, -0.1) is 0 Å². The van der Waals surface area contributed by atoms with Gasteiger partial charge in [-0.1, -0.05) is 13.3 Å². The zero-order valence-corrected chi connectivity index (χ0v) is 8.51. The minimum absolute atomic E-state index is 0.112. The summed E-state index contributed by atoms with van der Waals surface area (Å²) in [7, 11) is 1.45. The van der Waals surface area contributed by atoms with Crippen molar-refractivity contribution in [3.8, 4) is 0 Å². The number of carbonyl (C=O) groups excluding carboxylic acids is 1. The first-order chi connectivity index (χ1) is 6.21. The second kappa shape index (κ2) is 4.09. The van der Waals surface area contributed by atoms with E-state index in [1.165, 1.54) is 7.11 Å². The average molecular weight is 185 g/mol. The highest BCUT2D eigenvalue weighted by atomic mass is 16.5. The van der Waals surface area contributed by atoms with Crippen LogP contribution in [0.5, 0.6) is 0 Å². The molecule has 0 aromatic carbocycles. The molecule has 13 heavy (non-hydrogen) atoms. The Bertz CT molecular complexity index is 189. The van der Waals surface area contributed by atoms with Gasteiger partial charge >= 0.3 is 5.97 Å². The lowest BCUT2D eigenvalue weighted by Gasteiger charge is -2.29. The maximum absolute atomic E-state index is 11.6. The molecule has 0 bridgehead atoms. The van der Waals surface area contributed by atoms with Crippen LogP contribution in [0.4, 0.5) is 0 Å². The normalized spacial score (nSPS) is 20.8. The lowest BCUT2D eigenvalue weighted by Crippen LogP contribution is -2.41. The fraction of sp³-hybridized carbons (Fsp3) is 0.900. The number of hydrogen-bond acceptors (Lipinski definition) is 3. The predicted molar refractivity (Wildman–Crippen MR) is 51.1 cm³/mol. The Morgan fingerprint density at radius 3 is 2.54 bits per heavy atom. The first-order valence-electron chi connectivity index (χ1n) is 4.99. The molecule has 76 valence electrons. The van der Waals surface area contributed by atoms with Crippen LogP contribution in [0, 0.1) is 11.3 Å². The maximum atomic E-state index is 11.6. The Kier molecular flexibility index (Phi) is 3.31. The summed E-state index contributed by atoms with van der Waals surface area (Å²) in [5, 5.41) is 0. The highest BCUT2D eigenvalue weighted by molar-refractivity contribution is 5.77. The maximum Gasteiger partial charge on any atom is 0.313 e. The van der Waals surface area contributed by atoms with Gasteiger partial charge in [0.1, 0.15) is 0 Å². The van der Waals surface area contributed by atoms with Crippen molar-refractivity contribution < 1.29 is 9.53 Å². The smallest absolute Gasteiger partial charge is 0.313 e. The molecule has 3 heteroatoms. The monoisotopic (exact) mass is 185 g/mol. The molecule has 2 N–H and O–H groups in total. The van der Waals surface area contributed by atoms with E-state index in [1.807, 2.05) is 0 Å². The van der Waals surface area contributed by atoms with Gasteiger partial charge in [-0.25, -0.2) is 0 Å². The molecule has 0 amide bonds. The number of esters is 1. The fourth-order valence-corrected chi connectivity index (χ4v) is 2.11. The predicted octanol–water partition coefficient (Wildman–Crippen LogP) is 1.31. The Morgan fingerprint density at radius 1 is 1.62 bits per heavy atom. The van der Waals surface area contributed by atoms with Crippen molar-refractivity contribution in [2.24, 2.45) is 17.1 Å². The molecule has 3 nitrogen and oxygen atoms in total. The van der Waals surface area contributed by atoms with Gasteiger partial charge in [-0.05, 0) is 25.2 Å². The molecule has 0 aromatic heterocycles. The molecule has 1 unspecified atom stereocenters. The van der Waals surface area contributed by atoms with Crippen LogP contribution in [0.15, 0.2) is 0 Å². The molecule has 1 aliphatic carbocycles. The van der Waals surface area contributed by atoms with Gasteiger partial charge in [0.25, 0.3) is 0 Å². The number of rotatable bonds is 5. The van der Waals surface area contributed by atoms with Gasteiger partial charge in [-0.2, -0.15) is 0 Å². The average Bonchev–Trinajstić information content (AvgIpc) is 2.96. The highest BCUT2D eigenvalue weighted by Crippen LogP contribution is 2.48. The number of hydrogen-bond donors (Lipinski definition) is 1. The third-order valence-corrected chi connectivity index (χ3v) is 3.01. The van der Waals surface area contributed by atoms with Gasteiger partial charge in [0.15, 0.2) is 0 Å². The van der Waals surface area contributed by atoms with E-state index in [0.717, 1.165) is 25.7 Å². The molecule has 1 rings (SSSR count). The summed E-state index contributed by atoms with van der Waals surface area (Å²) in [6.07, 6.45) is 4.11. The van der Waals surface area contributed by atoms with E-state index in [4.69, 9.17) is 10.5 Å². The molecule has 1 saturated carbocycles. The zero-order valence-electron chi connectivity index (χ0n) is 8.51. The number of ether oxygens (including phenoxy) is 1. The van der Waals surface area contributed by atoms with Crippen LogP contribution >= 0.6 is 0 Å². The minimum Gasteiger partial charge on any atom is -0.469 e. The van der Waals surface area contributed by atoms with E-state index >= 15 is 0 Å². The van der Waals surface area contributed by atoms with E-state index in [2.05, 4.69) is 6.92 Å². The van der Waals surface area contributed by atoms with Crippen LogP contribution in [0.1, 0.15) is 32.6 Å². The van der Waals surface area contributed by atoms with Crippen molar-refractivity contribution in [2.75, 3.05) is 13.7 Å². The van der Waals surface area contributed by atoms with Crippen molar-refractivity contribution in [1.82, 2.24) is 0 Å². The Hall–Kier alpha value is -0.570. The molecule has 1 aliphatic rings. The summed E-state index contributed by atoms with van der Waals surface area (Å²) in [5.41, 5.74) is 5.34. The van der Waals surface area contributed by atoms with E-state index in [9.17, 15) is 4.79 Å². The van der Waals surface area contributed by atoms with Crippen LogP contribution in [-0.4, -0.2) is 19.6 Å². The van der Waals surface area contributed by atoms with Gasteiger partial charge in [-0.3, -0.25) is 4.79 Å². The number of carbonyl (C=O) groups is 1. The highest BCUT2D eigenvalue weighted by Gasteiger charge is 2.49. The summed E-state index contributed by atoms with van der Waals surface area (Å²) in [6.45, 7) is 2.51. The Morgan fingerprint density at radius 2 is 2.23 bits per heavy atom. The van der Waals surface area contributed by atoms with Crippen molar-refractivity contribution in [1.29, 1.82) is 0 Å². The number of methoxy groups -OCH3 is 1. The minimum atomic E-state index is -0.372. The summed E-state index contributed by atoms with van der Waals surface area (Å²) >= 11 is 0. The van der Waals surface area contributed by atoms with Crippen LogP contribution in [0.25, 0.3) is 0 Å². The molecule has 0 radical (unpaired) electrons. The van der Waals surface area contributed by atoms with Crippen LogP contribution in [-0.2, 0) is 9.53 Å². The molecule has 1 atom stereocenters. The summed E-state index contributed by atoms with van der Waals surface area (Å²) in [5.74, 6) is 0.365. The number of nitrogens with two attached hydrogens (primary N) is 1. The zero-order chi connectivity index (χ0) is 9.90. The SMILES string of the molecule is CCCC(CN)(C(=O)OC)C1CC1. The summed E-state index contributed by atoms with van der Waals surface area (Å²) < 4.78 is 4.84. The molecular formula is C10H19NO2. The second-order valence-corrected chi connectivity index (χ2v) is 3.88. The standard InChI is InChI=1S/C10H19NO2/c1-3-6-10(7-11,8-4-5-8)9(12)13-2/h8H,3-7,11H2,1-2H3. The van der Waals surface area contributed by atoms with E-state index in [1.54, 1.807) is 0 Å². The van der Waals surface area contributed by atoms with Crippen molar-refractivity contribution in [2.45, 2.75) is 32.6 Å². The van der Waals surface area contributed by atoms with E-state index in [0.29, 0.717) is 12.5 Å². The first-order valence-corrected chi connectivity index (χ1v) is 4.99. The summed E-state index contributed by atoms with van der Waals surface area (Å²) in [6, 6.07) is 0.